The second kappa shape index (κ2) is 11.9. The van der Waals surface area contributed by atoms with Crippen molar-refractivity contribution in [3.63, 3.8) is 0 Å². The van der Waals surface area contributed by atoms with Gasteiger partial charge in [0, 0.05) is 24.7 Å². The van der Waals surface area contributed by atoms with Crippen molar-refractivity contribution < 1.29 is 30.7 Å². The van der Waals surface area contributed by atoms with Gasteiger partial charge in [-0.25, -0.2) is 16.8 Å². The van der Waals surface area contributed by atoms with E-state index in [4.69, 9.17) is 13.9 Å². The van der Waals surface area contributed by atoms with Crippen LogP contribution in [0.25, 0.3) is 0 Å². The molecule has 1 saturated heterocycles. The van der Waals surface area contributed by atoms with Crippen molar-refractivity contribution in [3.8, 4) is 11.5 Å². The van der Waals surface area contributed by atoms with Crippen LogP contribution in [0.5, 0.6) is 11.5 Å². The fraction of sp³-hybridized carbons (Fsp3) is 0.407. The van der Waals surface area contributed by atoms with Gasteiger partial charge in [0.15, 0.2) is 11.5 Å². The van der Waals surface area contributed by atoms with Crippen LogP contribution in [0.15, 0.2) is 75.1 Å². The Morgan fingerprint density at radius 2 is 1.66 bits per heavy atom. The molecule has 2 heterocycles. The van der Waals surface area contributed by atoms with Crippen LogP contribution < -0.4 is 9.47 Å². The predicted octanol–water partition coefficient (Wildman–Crippen LogP) is 4.64. The Balaban J connectivity index is 1.67. The molecule has 0 amide bonds. The molecule has 1 aromatic heterocycles. The number of piperidine rings is 1. The molecule has 0 aliphatic carbocycles. The molecule has 0 unspecified atom stereocenters. The summed E-state index contributed by atoms with van der Waals surface area (Å²) in [5, 5.41) is 0. The highest BCUT2D eigenvalue weighted by molar-refractivity contribution is 7.89. The minimum absolute atomic E-state index is 0.0180. The number of para-hydroxylation sites is 1. The van der Waals surface area contributed by atoms with E-state index < -0.39 is 20.0 Å². The fourth-order valence-corrected chi connectivity index (χ4v) is 7.99. The van der Waals surface area contributed by atoms with E-state index in [0.29, 0.717) is 29.4 Å². The van der Waals surface area contributed by atoms with Crippen molar-refractivity contribution in [2.24, 2.45) is 0 Å². The summed E-state index contributed by atoms with van der Waals surface area (Å²) in [6, 6.07) is 14.1. The van der Waals surface area contributed by atoms with Crippen molar-refractivity contribution >= 4 is 20.0 Å². The first kappa shape index (κ1) is 28.2. The van der Waals surface area contributed by atoms with Gasteiger partial charge < -0.3 is 13.9 Å². The summed E-state index contributed by atoms with van der Waals surface area (Å²) in [5.74, 6) is 1.38. The topological polar surface area (TPSA) is 106 Å². The summed E-state index contributed by atoms with van der Waals surface area (Å²) in [5.41, 5.74) is 0.608. The Morgan fingerprint density at radius 1 is 0.921 bits per heavy atom. The maximum atomic E-state index is 13.8. The Labute approximate surface area is 225 Å². The van der Waals surface area contributed by atoms with Gasteiger partial charge in [0.1, 0.15) is 5.76 Å². The van der Waals surface area contributed by atoms with E-state index >= 15 is 0 Å². The summed E-state index contributed by atoms with van der Waals surface area (Å²) in [4.78, 5) is 0.0689. The van der Waals surface area contributed by atoms with Crippen LogP contribution in [-0.2, 0) is 33.1 Å². The predicted molar refractivity (Wildman–Crippen MR) is 143 cm³/mol. The minimum Gasteiger partial charge on any atom is -0.493 e. The van der Waals surface area contributed by atoms with Gasteiger partial charge in [0.2, 0.25) is 20.0 Å². The van der Waals surface area contributed by atoms with Crippen LogP contribution in [0.2, 0.25) is 0 Å². The van der Waals surface area contributed by atoms with E-state index in [1.54, 1.807) is 34.6 Å². The van der Waals surface area contributed by atoms with Crippen LogP contribution in [0.4, 0.5) is 0 Å². The van der Waals surface area contributed by atoms with E-state index in [0.717, 1.165) is 25.7 Å². The highest BCUT2D eigenvalue weighted by atomic mass is 32.2. The normalized spacial score (nSPS) is 17.0. The average molecular weight is 563 g/mol. The van der Waals surface area contributed by atoms with Crippen molar-refractivity contribution in [2.75, 3.05) is 20.8 Å². The number of rotatable bonds is 11. The molecule has 9 nitrogen and oxygen atoms in total. The standard InChI is InChI=1S/C27H34N2O7S2/c1-4-22-10-5-6-17-29(22)38(32,33)25-15-13-24(14-16-25)37(30,31)28(20-23-11-8-18-36-23)19-21-9-7-12-26(34-2)27(21)35-3/h7-9,11-16,18,22H,4-6,10,17,19-20H2,1-3H3/t22-/m0/s1. The van der Waals surface area contributed by atoms with Gasteiger partial charge in [0.05, 0.1) is 36.8 Å². The third kappa shape index (κ3) is 5.75. The fourth-order valence-electron chi connectivity index (χ4n) is 4.84. The molecule has 11 heteroatoms. The first-order valence-electron chi connectivity index (χ1n) is 12.6. The lowest BCUT2D eigenvalue weighted by atomic mass is 10.0. The van der Waals surface area contributed by atoms with E-state index in [2.05, 4.69) is 0 Å². The van der Waals surface area contributed by atoms with E-state index in [1.807, 2.05) is 6.92 Å². The molecule has 0 bridgehead atoms. The summed E-state index contributed by atoms with van der Waals surface area (Å²) < 4.78 is 73.5. The molecule has 1 atom stereocenters. The number of benzene rings is 2. The minimum atomic E-state index is -4.05. The van der Waals surface area contributed by atoms with Gasteiger partial charge in [-0.1, -0.05) is 25.5 Å². The molecule has 206 valence electrons. The van der Waals surface area contributed by atoms with Crippen molar-refractivity contribution in [1.82, 2.24) is 8.61 Å². The van der Waals surface area contributed by atoms with Crippen LogP contribution in [0.1, 0.15) is 43.9 Å². The Hall–Kier alpha value is -2.86. The Kier molecular flexibility index (Phi) is 8.81. The van der Waals surface area contributed by atoms with Gasteiger partial charge in [-0.2, -0.15) is 8.61 Å². The smallest absolute Gasteiger partial charge is 0.243 e. The number of sulfonamides is 2. The highest BCUT2D eigenvalue weighted by Crippen LogP contribution is 2.34. The second-order valence-electron chi connectivity index (χ2n) is 9.15. The molecule has 1 aliphatic rings. The zero-order chi connectivity index (χ0) is 27.3. The summed E-state index contributed by atoms with van der Waals surface area (Å²) in [7, 11) is -4.77. The molecule has 0 spiro atoms. The SMILES string of the molecule is CC[C@H]1CCCCN1S(=O)(=O)c1ccc(S(=O)(=O)N(Cc2ccco2)Cc2cccc(OC)c2OC)cc1. The maximum Gasteiger partial charge on any atom is 0.243 e. The lowest BCUT2D eigenvalue weighted by molar-refractivity contribution is 0.246. The molecular formula is C27H34N2O7S2. The van der Waals surface area contributed by atoms with Gasteiger partial charge in [-0.15, -0.1) is 0 Å². The third-order valence-electron chi connectivity index (χ3n) is 6.86. The Morgan fingerprint density at radius 3 is 2.29 bits per heavy atom. The number of ether oxygens (including phenoxy) is 2. The molecular weight excluding hydrogens is 528 g/mol. The number of nitrogens with zero attached hydrogens (tertiary/aromatic N) is 2. The second-order valence-corrected chi connectivity index (χ2v) is 13.0. The third-order valence-corrected chi connectivity index (χ3v) is 10.6. The molecule has 0 saturated carbocycles. The highest BCUT2D eigenvalue weighted by Gasteiger charge is 2.33. The van der Waals surface area contributed by atoms with Crippen LogP contribution >= 0.6 is 0 Å². The average Bonchev–Trinajstić information content (AvgIpc) is 3.45. The van der Waals surface area contributed by atoms with Gasteiger partial charge in [-0.3, -0.25) is 0 Å². The molecule has 1 fully saturated rings. The van der Waals surface area contributed by atoms with E-state index in [9.17, 15) is 16.8 Å². The van der Waals surface area contributed by atoms with Crippen molar-refractivity contribution in [3.05, 3.63) is 72.2 Å². The lowest BCUT2D eigenvalue weighted by Gasteiger charge is -2.34. The lowest BCUT2D eigenvalue weighted by Crippen LogP contribution is -2.43. The number of furan rings is 1. The molecule has 0 radical (unpaired) electrons. The largest absolute Gasteiger partial charge is 0.493 e. The molecule has 2 aromatic carbocycles. The quantitative estimate of drug-likeness (QED) is 0.335. The van der Waals surface area contributed by atoms with Crippen LogP contribution in [0.3, 0.4) is 0 Å². The molecule has 4 rings (SSSR count). The first-order valence-corrected chi connectivity index (χ1v) is 15.4. The first-order chi connectivity index (χ1) is 18.2. The molecule has 0 N–H and O–H groups in total. The number of hydrogen-bond donors (Lipinski definition) is 0. The monoisotopic (exact) mass is 562 g/mol. The summed E-state index contributed by atoms with van der Waals surface area (Å²) >= 11 is 0. The number of hydrogen-bond acceptors (Lipinski definition) is 7. The van der Waals surface area contributed by atoms with E-state index in [1.165, 1.54) is 49.1 Å². The molecule has 38 heavy (non-hydrogen) atoms. The zero-order valence-corrected chi connectivity index (χ0v) is 23.5. The summed E-state index contributed by atoms with van der Waals surface area (Å²) in [6.45, 7) is 2.41. The summed E-state index contributed by atoms with van der Waals surface area (Å²) in [6.07, 6.45) is 4.87. The molecule has 1 aliphatic heterocycles. The van der Waals surface area contributed by atoms with Crippen LogP contribution in [-0.4, -0.2) is 52.3 Å². The van der Waals surface area contributed by atoms with Gasteiger partial charge in [0.25, 0.3) is 0 Å². The van der Waals surface area contributed by atoms with Crippen molar-refractivity contribution in [1.29, 1.82) is 0 Å². The molecule has 3 aromatic rings. The van der Waals surface area contributed by atoms with Crippen molar-refractivity contribution in [2.45, 2.75) is 61.5 Å². The van der Waals surface area contributed by atoms with Gasteiger partial charge >= 0.3 is 0 Å². The van der Waals surface area contributed by atoms with Crippen LogP contribution in [0, 0.1) is 0 Å². The maximum absolute atomic E-state index is 13.8. The van der Waals surface area contributed by atoms with E-state index in [-0.39, 0.29) is 28.9 Å². The zero-order valence-electron chi connectivity index (χ0n) is 21.9. The van der Waals surface area contributed by atoms with Gasteiger partial charge in [-0.05, 0) is 61.7 Å². The Bertz CT molecular complexity index is 1420. The number of methoxy groups -OCH3 is 2.